The van der Waals surface area contributed by atoms with Crippen LogP contribution in [0.25, 0.3) is 0 Å². The van der Waals surface area contributed by atoms with E-state index in [0.29, 0.717) is 6.42 Å². The molecule has 110 valence electrons. The quantitative estimate of drug-likeness (QED) is 0.465. The molecule has 0 aliphatic rings. The van der Waals surface area contributed by atoms with Gasteiger partial charge in [-0.15, -0.1) is 0 Å². The Kier molecular flexibility index (Phi) is 5.92. The highest BCUT2D eigenvalue weighted by Gasteiger charge is 2.21. The van der Waals surface area contributed by atoms with Gasteiger partial charge in [0.1, 0.15) is 5.75 Å². The summed E-state index contributed by atoms with van der Waals surface area (Å²) in [6.07, 6.45) is -0.414. The monoisotopic (exact) mass is 283 g/mol. The lowest BCUT2D eigenvalue weighted by Gasteiger charge is -2.17. The van der Waals surface area contributed by atoms with Crippen molar-refractivity contribution < 1.29 is 24.3 Å². The third-order valence-corrected chi connectivity index (χ3v) is 2.61. The van der Waals surface area contributed by atoms with Gasteiger partial charge in [-0.2, -0.15) is 0 Å². The van der Waals surface area contributed by atoms with Crippen LogP contribution in [0, 0.1) is 10.1 Å². The van der Waals surface area contributed by atoms with Crippen LogP contribution in [0.2, 0.25) is 0 Å². The number of aliphatic hydroxyl groups is 1. The van der Waals surface area contributed by atoms with Crippen LogP contribution in [0.3, 0.4) is 0 Å². The summed E-state index contributed by atoms with van der Waals surface area (Å²) in [5.74, 6) is -0.268. The predicted molar refractivity (Wildman–Crippen MR) is 70.4 cm³/mol. The first-order chi connectivity index (χ1) is 9.53. The molecule has 0 spiro atoms. The van der Waals surface area contributed by atoms with Crippen molar-refractivity contribution in [2.45, 2.75) is 33.0 Å². The summed E-state index contributed by atoms with van der Waals surface area (Å²) in [6, 6.07) is 3.84. The lowest BCUT2D eigenvalue weighted by molar-refractivity contribution is -0.385. The zero-order chi connectivity index (χ0) is 15.1. The second kappa shape index (κ2) is 7.44. The van der Waals surface area contributed by atoms with E-state index in [-0.39, 0.29) is 23.6 Å². The lowest BCUT2D eigenvalue weighted by Crippen LogP contribution is -2.29. The summed E-state index contributed by atoms with van der Waals surface area (Å²) in [4.78, 5) is 21.7. The minimum Gasteiger partial charge on any atom is -0.478 e. The van der Waals surface area contributed by atoms with Crippen LogP contribution in [0.4, 0.5) is 5.69 Å². The van der Waals surface area contributed by atoms with Crippen LogP contribution in [0.1, 0.15) is 25.8 Å². The molecule has 0 amide bonds. The number of carbonyl (C=O) groups excluding carboxylic acids is 1. The van der Waals surface area contributed by atoms with Crippen LogP contribution in [-0.2, 0) is 16.1 Å². The maximum atomic E-state index is 11.6. The SMILES string of the molecule is CCOC(=O)C(CC)Oc1ccc([N+](=O)[O-])cc1CO. The maximum absolute atomic E-state index is 11.6. The highest BCUT2D eigenvalue weighted by Crippen LogP contribution is 2.25. The van der Waals surface area contributed by atoms with E-state index in [4.69, 9.17) is 9.47 Å². The van der Waals surface area contributed by atoms with Crippen molar-refractivity contribution in [3.8, 4) is 5.75 Å². The van der Waals surface area contributed by atoms with E-state index in [1.54, 1.807) is 13.8 Å². The molecular weight excluding hydrogens is 266 g/mol. The molecule has 1 N–H and O–H groups in total. The Labute approximate surface area is 116 Å². The molecule has 1 unspecified atom stereocenters. The Balaban J connectivity index is 2.95. The fraction of sp³-hybridized carbons (Fsp3) is 0.462. The van der Waals surface area contributed by atoms with E-state index in [1.165, 1.54) is 18.2 Å². The first kappa shape index (κ1) is 15.9. The van der Waals surface area contributed by atoms with Crippen LogP contribution in [0.5, 0.6) is 5.75 Å². The molecule has 0 saturated heterocycles. The number of hydrogen-bond acceptors (Lipinski definition) is 6. The second-order valence-electron chi connectivity index (χ2n) is 3.97. The summed E-state index contributed by atoms with van der Waals surface area (Å²) in [5, 5.41) is 19.9. The number of hydrogen-bond donors (Lipinski definition) is 1. The van der Waals surface area contributed by atoms with Gasteiger partial charge in [0, 0.05) is 17.7 Å². The van der Waals surface area contributed by atoms with Crippen molar-refractivity contribution in [2.75, 3.05) is 6.61 Å². The minimum absolute atomic E-state index is 0.148. The molecule has 1 aromatic carbocycles. The third-order valence-electron chi connectivity index (χ3n) is 2.61. The molecule has 1 atom stereocenters. The van der Waals surface area contributed by atoms with Gasteiger partial charge in [0.15, 0.2) is 6.10 Å². The molecule has 0 saturated carbocycles. The first-order valence-electron chi connectivity index (χ1n) is 6.24. The number of carbonyl (C=O) groups is 1. The number of ether oxygens (including phenoxy) is 2. The second-order valence-corrected chi connectivity index (χ2v) is 3.97. The summed E-state index contributed by atoms with van der Waals surface area (Å²) in [7, 11) is 0. The standard InChI is InChI=1S/C13H17NO6/c1-3-11(13(16)19-4-2)20-12-6-5-10(14(17)18)7-9(12)8-15/h5-7,11,15H,3-4,8H2,1-2H3. The molecule has 7 nitrogen and oxygen atoms in total. The number of non-ortho nitro benzene ring substituents is 1. The van der Waals surface area contributed by atoms with Crippen molar-refractivity contribution in [3.05, 3.63) is 33.9 Å². The van der Waals surface area contributed by atoms with Gasteiger partial charge < -0.3 is 14.6 Å². The Morgan fingerprint density at radius 3 is 2.65 bits per heavy atom. The molecule has 20 heavy (non-hydrogen) atoms. The number of nitro groups is 1. The van der Waals surface area contributed by atoms with Crippen molar-refractivity contribution in [1.82, 2.24) is 0 Å². The number of esters is 1. The van der Waals surface area contributed by atoms with Crippen LogP contribution >= 0.6 is 0 Å². The smallest absolute Gasteiger partial charge is 0.347 e. The van der Waals surface area contributed by atoms with Gasteiger partial charge in [-0.05, 0) is 19.4 Å². The normalized spacial score (nSPS) is 11.8. The number of aliphatic hydroxyl groups excluding tert-OH is 1. The van der Waals surface area contributed by atoms with Crippen molar-refractivity contribution >= 4 is 11.7 Å². The zero-order valence-corrected chi connectivity index (χ0v) is 11.4. The van der Waals surface area contributed by atoms with E-state index >= 15 is 0 Å². The molecule has 0 radical (unpaired) electrons. The molecule has 0 aliphatic heterocycles. The van der Waals surface area contributed by atoms with Gasteiger partial charge in [0.2, 0.25) is 0 Å². The van der Waals surface area contributed by atoms with E-state index in [2.05, 4.69) is 0 Å². The van der Waals surface area contributed by atoms with Gasteiger partial charge in [0.25, 0.3) is 5.69 Å². The molecule has 0 heterocycles. The molecule has 7 heteroatoms. The van der Waals surface area contributed by atoms with Gasteiger partial charge in [-0.3, -0.25) is 10.1 Å². The topological polar surface area (TPSA) is 98.9 Å². The van der Waals surface area contributed by atoms with Crippen LogP contribution in [0.15, 0.2) is 18.2 Å². The highest BCUT2D eigenvalue weighted by atomic mass is 16.6. The molecule has 0 bridgehead atoms. The van der Waals surface area contributed by atoms with Crippen LogP contribution < -0.4 is 4.74 Å². The Hall–Kier alpha value is -2.15. The van der Waals surface area contributed by atoms with Crippen molar-refractivity contribution in [3.63, 3.8) is 0 Å². The van der Waals surface area contributed by atoms with E-state index < -0.39 is 23.6 Å². The molecule has 0 aromatic heterocycles. The molecule has 0 fully saturated rings. The van der Waals surface area contributed by atoms with Gasteiger partial charge in [0.05, 0.1) is 18.1 Å². The number of nitrogens with zero attached hydrogens (tertiary/aromatic N) is 1. The molecule has 1 rings (SSSR count). The first-order valence-corrected chi connectivity index (χ1v) is 6.24. The summed E-state index contributed by atoms with van der Waals surface area (Å²) < 4.78 is 10.3. The van der Waals surface area contributed by atoms with Crippen LogP contribution in [-0.4, -0.2) is 28.7 Å². The van der Waals surface area contributed by atoms with E-state index in [1.807, 2.05) is 0 Å². The van der Waals surface area contributed by atoms with E-state index in [9.17, 15) is 20.0 Å². The predicted octanol–water partition coefficient (Wildman–Crippen LogP) is 1.81. The van der Waals surface area contributed by atoms with Gasteiger partial charge in [-0.25, -0.2) is 4.79 Å². The third kappa shape index (κ3) is 3.92. The zero-order valence-electron chi connectivity index (χ0n) is 11.4. The average Bonchev–Trinajstić information content (AvgIpc) is 2.44. The number of nitro benzene ring substituents is 1. The lowest BCUT2D eigenvalue weighted by atomic mass is 10.2. The molecule has 0 aliphatic carbocycles. The Morgan fingerprint density at radius 1 is 1.45 bits per heavy atom. The summed E-state index contributed by atoms with van der Waals surface area (Å²) in [6.45, 7) is 3.27. The summed E-state index contributed by atoms with van der Waals surface area (Å²) >= 11 is 0. The minimum atomic E-state index is -0.804. The fourth-order valence-electron chi connectivity index (χ4n) is 1.60. The van der Waals surface area contributed by atoms with Gasteiger partial charge >= 0.3 is 5.97 Å². The van der Waals surface area contributed by atoms with Crippen molar-refractivity contribution in [2.24, 2.45) is 0 Å². The van der Waals surface area contributed by atoms with Gasteiger partial charge in [-0.1, -0.05) is 6.92 Å². The average molecular weight is 283 g/mol. The van der Waals surface area contributed by atoms with E-state index in [0.717, 1.165) is 0 Å². The van der Waals surface area contributed by atoms with Crippen molar-refractivity contribution in [1.29, 1.82) is 0 Å². The fourth-order valence-corrected chi connectivity index (χ4v) is 1.60. The number of benzene rings is 1. The summed E-state index contributed by atoms with van der Waals surface area (Å²) in [5.41, 5.74) is 0.104. The number of rotatable bonds is 7. The molecular formula is C13H17NO6. The molecule has 1 aromatic rings. The maximum Gasteiger partial charge on any atom is 0.347 e. The Morgan fingerprint density at radius 2 is 2.15 bits per heavy atom. The largest absolute Gasteiger partial charge is 0.478 e. The Bertz CT molecular complexity index is 488. The highest BCUT2D eigenvalue weighted by molar-refractivity contribution is 5.75.